The van der Waals surface area contributed by atoms with Crippen LogP contribution in [0.5, 0.6) is 0 Å². The minimum Gasteiger partial charge on any atom is -0.369 e. The normalized spacial score (nSPS) is 22.3. The zero-order valence-corrected chi connectivity index (χ0v) is 17.5. The molecule has 2 atom stereocenters. The van der Waals surface area contributed by atoms with Crippen molar-refractivity contribution in [2.45, 2.75) is 36.1 Å². The zero-order valence-electron chi connectivity index (χ0n) is 17.5. The lowest BCUT2D eigenvalue weighted by Crippen LogP contribution is -2.67. The van der Waals surface area contributed by atoms with Crippen LogP contribution in [0, 0.1) is 5.82 Å². The standard InChI is InChI=1S/C23H23F4N3O3/c24-17-8-6-15(7-9-17)18-14-28-20(32)29-21(18)10-12-30(13-11-21)19(31)22(33,23(25,26)27)16-4-2-1-3-5-16/h1-9,18,33H,10-14H2,(H2,28,29,32)/t18-,22-/m1/s1. The van der Waals surface area contributed by atoms with Gasteiger partial charge in [-0.1, -0.05) is 42.5 Å². The first kappa shape index (κ1) is 23.0. The van der Waals surface area contributed by atoms with Crippen molar-refractivity contribution in [2.24, 2.45) is 0 Å². The van der Waals surface area contributed by atoms with E-state index in [0.29, 0.717) is 0 Å². The summed E-state index contributed by atoms with van der Waals surface area (Å²) >= 11 is 0. The Labute approximate surface area is 187 Å². The SMILES string of the molecule is O=C1NC[C@H](c2ccc(F)cc2)C2(CCN(C(=O)[C@](O)(c3ccccc3)C(F)(F)F)CC2)N1. The van der Waals surface area contributed by atoms with Gasteiger partial charge in [0.15, 0.2) is 0 Å². The molecule has 1 spiro atoms. The molecule has 0 unspecified atom stereocenters. The van der Waals surface area contributed by atoms with E-state index < -0.39 is 40.6 Å². The molecule has 0 radical (unpaired) electrons. The molecule has 3 amide bonds. The molecule has 2 aliphatic rings. The van der Waals surface area contributed by atoms with Crippen molar-refractivity contribution in [3.63, 3.8) is 0 Å². The van der Waals surface area contributed by atoms with E-state index in [1.165, 1.54) is 30.3 Å². The monoisotopic (exact) mass is 465 g/mol. The molecule has 4 rings (SSSR count). The summed E-state index contributed by atoms with van der Waals surface area (Å²) in [7, 11) is 0. The van der Waals surface area contributed by atoms with Crippen LogP contribution in [0.4, 0.5) is 22.4 Å². The van der Waals surface area contributed by atoms with E-state index in [1.54, 1.807) is 12.1 Å². The van der Waals surface area contributed by atoms with Crippen LogP contribution in [0.2, 0.25) is 0 Å². The van der Waals surface area contributed by atoms with Gasteiger partial charge in [-0.15, -0.1) is 0 Å². The summed E-state index contributed by atoms with van der Waals surface area (Å²) in [6.45, 7) is 0.0754. The lowest BCUT2D eigenvalue weighted by Gasteiger charge is -2.50. The number of urea groups is 1. The number of amides is 3. The predicted molar refractivity (Wildman–Crippen MR) is 111 cm³/mol. The number of aliphatic hydroxyl groups is 1. The lowest BCUT2D eigenvalue weighted by atomic mass is 9.71. The van der Waals surface area contributed by atoms with Gasteiger partial charge in [-0.25, -0.2) is 9.18 Å². The Hall–Kier alpha value is -3.14. The van der Waals surface area contributed by atoms with Crippen molar-refractivity contribution in [2.75, 3.05) is 19.6 Å². The number of nitrogens with one attached hydrogen (secondary N) is 2. The molecule has 0 saturated carbocycles. The molecule has 2 aromatic carbocycles. The highest BCUT2D eigenvalue weighted by Gasteiger charge is 2.62. The van der Waals surface area contributed by atoms with Crippen LogP contribution in [-0.2, 0) is 10.4 Å². The first-order valence-corrected chi connectivity index (χ1v) is 10.5. The average Bonchev–Trinajstić information content (AvgIpc) is 2.79. The molecule has 2 aromatic rings. The maximum Gasteiger partial charge on any atom is 0.430 e. The van der Waals surface area contributed by atoms with E-state index in [1.807, 2.05) is 0 Å². The fraction of sp³-hybridized carbons (Fsp3) is 0.391. The van der Waals surface area contributed by atoms with E-state index in [2.05, 4.69) is 10.6 Å². The number of alkyl halides is 3. The average molecular weight is 465 g/mol. The van der Waals surface area contributed by atoms with Crippen molar-refractivity contribution in [1.29, 1.82) is 0 Å². The molecule has 0 aromatic heterocycles. The molecule has 10 heteroatoms. The fourth-order valence-electron chi connectivity index (χ4n) is 4.78. The van der Waals surface area contributed by atoms with Gasteiger partial charge in [-0.05, 0) is 30.5 Å². The van der Waals surface area contributed by atoms with Gasteiger partial charge in [0.2, 0.25) is 0 Å². The first-order valence-electron chi connectivity index (χ1n) is 10.5. The van der Waals surface area contributed by atoms with Crippen LogP contribution in [0.15, 0.2) is 54.6 Å². The van der Waals surface area contributed by atoms with Crippen LogP contribution in [-0.4, -0.2) is 53.3 Å². The minimum atomic E-state index is -5.22. The van der Waals surface area contributed by atoms with Crippen molar-refractivity contribution in [3.8, 4) is 0 Å². The second-order valence-electron chi connectivity index (χ2n) is 8.46. The van der Waals surface area contributed by atoms with Gasteiger partial charge in [0.05, 0.1) is 5.54 Å². The number of piperidine rings is 1. The molecule has 33 heavy (non-hydrogen) atoms. The first-order chi connectivity index (χ1) is 15.6. The number of hydrogen-bond donors (Lipinski definition) is 3. The second kappa shape index (κ2) is 8.33. The van der Waals surface area contributed by atoms with Crippen LogP contribution >= 0.6 is 0 Å². The predicted octanol–water partition coefficient (Wildman–Crippen LogP) is 3.03. The summed E-state index contributed by atoms with van der Waals surface area (Å²) < 4.78 is 55.1. The maximum absolute atomic E-state index is 13.9. The zero-order chi connectivity index (χ0) is 23.9. The Kier molecular flexibility index (Phi) is 5.81. The van der Waals surface area contributed by atoms with Crippen molar-refractivity contribution in [3.05, 3.63) is 71.5 Å². The van der Waals surface area contributed by atoms with E-state index in [-0.39, 0.29) is 38.4 Å². The van der Waals surface area contributed by atoms with Gasteiger partial charge in [0.1, 0.15) is 5.82 Å². The summed E-state index contributed by atoms with van der Waals surface area (Å²) in [5, 5.41) is 16.2. The number of hydrogen-bond acceptors (Lipinski definition) is 3. The van der Waals surface area contributed by atoms with E-state index in [9.17, 15) is 32.3 Å². The van der Waals surface area contributed by atoms with E-state index in [4.69, 9.17) is 0 Å². The molecule has 176 valence electrons. The Morgan fingerprint density at radius 3 is 2.21 bits per heavy atom. The third kappa shape index (κ3) is 4.03. The maximum atomic E-state index is 13.9. The lowest BCUT2D eigenvalue weighted by molar-refractivity contribution is -0.262. The Morgan fingerprint density at radius 2 is 1.64 bits per heavy atom. The highest BCUT2D eigenvalue weighted by atomic mass is 19.4. The second-order valence-corrected chi connectivity index (χ2v) is 8.46. The summed E-state index contributed by atoms with van der Waals surface area (Å²) in [5.41, 5.74) is -4.28. The fourth-order valence-corrected chi connectivity index (χ4v) is 4.78. The quantitative estimate of drug-likeness (QED) is 0.610. The minimum absolute atomic E-state index is 0.0952. The van der Waals surface area contributed by atoms with E-state index in [0.717, 1.165) is 22.6 Å². The highest BCUT2D eigenvalue weighted by molar-refractivity contribution is 5.87. The number of benzene rings is 2. The van der Waals surface area contributed by atoms with Gasteiger partial charge in [-0.2, -0.15) is 13.2 Å². The third-order valence-electron chi connectivity index (χ3n) is 6.62. The van der Waals surface area contributed by atoms with Gasteiger partial charge < -0.3 is 20.6 Å². The summed E-state index contributed by atoms with van der Waals surface area (Å²) in [4.78, 5) is 26.1. The molecule has 6 nitrogen and oxygen atoms in total. The highest BCUT2D eigenvalue weighted by Crippen LogP contribution is 2.43. The van der Waals surface area contributed by atoms with Gasteiger partial charge in [0, 0.05) is 31.1 Å². The number of nitrogens with zero attached hydrogens (tertiary/aromatic N) is 1. The summed E-state index contributed by atoms with van der Waals surface area (Å²) in [6, 6.07) is 11.7. The van der Waals surface area contributed by atoms with Gasteiger partial charge >= 0.3 is 12.2 Å². The van der Waals surface area contributed by atoms with Crippen LogP contribution in [0.3, 0.4) is 0 Å². The third-order valence-corrected chi connectivity index (χ3v) is 6.62. The van der Waals surface area contributed by atoms with E-state index >= 15 is 0 Å². The van der Waals surface area contributed by atoms with Crippen LogP contribution in [0.25, 0.3) is 0 Å². The number of carbonyl (C=O) groups is 2. The molecule has 2 heterocycles. The molecule has 0 bridgehead atoms. The Bertz CT molecular complexity index is 1020. The molecule has 0 aliphatic carbocycles. The Morgan fingerprint density at radius 1 is 1.03 bits per heavy atom. The summed E-state index contributed by atoms with van der Waals surface area (Å²) in [6.07, 6.45) is -4.87. The molecule has 2 fully saturated rings. The smallest absolute Gasteiger partial charge is 0.369 e. The molecule has 2 aliphatic heterocycles. The topological polar surface area (TPSA) is 81.7 Å². The van der Waals surface area contributed by atoms with Gasteiger partial charge in [-0.3, -0.25) is 4.79 Å². The molecular formula is C23H23F4N3O3. The van der Waals surface area contributed by atoms with Crippen LogP contribution in [0.1, 0.15) is 29.9 Å². The number of rotatable bonds is 3. The molecule has 2 saturated heterocycles. The summed E-state index contributed by atoms with van der Waals surface area (Å²) in [5.74, 6) is -2.13. The largest absolute Gasteiger partial charge is 0.430 e. The van der Waals surface area contributed by atoms with Crippen LogP contribution < -0.4 is 10.6 Å². The van der Waals surface area contributed by atoms with Crippen molar-refractivity contribution >= 4 is 11.9 Å². The van der Waals surface area contributed by atoms with Crippen molar-refractivity contribution < 1.29 is 32.3 Å². The number of likely N-dealkylation sites (tertiary alicyclic amines) is 1. The molecule has 3 N–H and O–H groups in total. The molecular weight excluding hydrogens is 442 g/mol. The van der Waals surface area contributed by atoms with Crippen molar-refractivity contribution in [1.82, 2.24) is 15.5 Å². The number of halogens is 4. The van der Waals surface area contributed by atoms with Gasteiger partial charge in [0.25, 0.3) is 11.5 Å². The Balaban J connectivity index is 1.59. The number of carbonyl (C=O) groups excluding carboxylic acids is 2.